The van der Waals surface area contributed by atoms with E-state index in [1.165, 1.54) is 0 Å². The third kappa shape index (κ3) is 5.74. The number of fused-ring (bicyclic) bond motifs is 5. The third-order valence-corrected chi connectivity index (χ3v) is 11.7. The Morgan fingerprint density at radius 1 is 1.08 bits per heavy atom. The number of amides is 1. The molecule has 8 nitrogen and oxygen atoms in total. The van der Waals surface area contributed by atoms with Crippen LogP contribution in [0.1, 0.15) is 78.6 Å². The predicted molar refractivity (Wildman–Crippen MR) is 130 cm³/mol. The molecule has 202 valence electrons. The zero-order chi connectivity index (χ0) is 25.8. The maximum atomic E-state index is 12.2. The fraction of sp³-hybridized carbons (Fsp3) is 0.962. The molecule has 4 saturated carbocycles. The maximum Gasteiger partial charge on any atom is 1.00 e. The van der Waals surface area contributed by atoms with Gasteiger partial charge in [-0.15, -0.1) is 0 Å². The van der Waals surface area contributed by atoms with Crippen molar-refractivity contribution in [2.45, 2.75) is 96.9 Å². The fourth-order valence-electron chi connectivity index (χ4n) is 9.10. The monoisotopic (exact) mass is 537 g/mol. The molecule has 4 fully saturated rings. The first-order valence-electron chi connectivity index (χ1n) is 13.5. The van der Waals surface area contributed by atoms with Crippen molar-refractivity contribution in [3.8, 4) is 0 Å². The van der Waals surface area contributed by atoms with E-state index in [0.29, 0.717) is 18.8 Å². The normalized spacial score (nSPS) is 45.0. The van der Waals surface area contributed by atoms with Gasteiger partial charge >= 0.3 is 29.6 Å². The summed E-state index contributed by atoms with van der Waals surface area (Å²) in [4.78, 5) is 12.2. The summed E-state index contributed by atoms with van der Waals surface area (Å²) in [6, 6.07) is 0. The Bertz CT molecular complexity index is 903. The molecule has 0 heterocycles. The van der Waals surface area contributed by atoms with Crippen LogP contribution >= 0.6 is 0 Å². The molecule has 0 spiro atoms. The maximum absolute atomic E-state index is 12.2. The van der Waals surface area contributed by atoms with Gasteiger partial charge in [-0.3, -0.25) is 4.79 Å². The zero-order valence-corrected chi connectivity index (χ0v) is 25.2. The number of aliphatic hydroxyl groups excluding tert-OH is 3. The number of rotatable bonds is 7. The van der Waals surface area contributed by atoms with Gasteiger partial charge < -0.3 is 25.2 Å². The Morgan fingerprint density at radius 3 is 2.44 bits per heavy atom. The minimum absolute atomic E-state index is 0. The average Bonchev–Trinajstić information content (AvgIpc) is 3.12. The van der Waals surface area contributed by atoms with Gasteiger partial charge in [0.15, 0.2) is 0 Å². The van der Waals surface area contributed by atoms with Crippen molar-refractivity contribution in [3.63, 3.8) is 0 Å². The molecule has 1 amide bonds. The summed E-state index contributed by atoms with van der Waals surface area (Å²) in [6.07, 6.45) is 5.58. The minimum Gasteiger partial charge on any atom is -0.748 e. The van der Waals surface area contributed by atoms with Gasteiger partial charge in [-0.1, -0.05) is 20.8 Å². The van der Waals surface area contributed by atoms with Crippen molar-refractivity contribution in [2.24, 2.45) is 46.3 Å². The molecule has 10 heteroatoms. The van der Waals surface area contributed by atoms with Crippen molar-refractivity contribution < 1.29 is 62.6 Å². The van der Waals surface area contributed by atoms with E-state index in [9.17, 15) is 33.1 Å². The molecule has 0 bridgehead atoms. The number of nitrogens with one attached hydrogen (secondary N) is 1. The van der Waals surface area contributed by atoms with Crippen molar-refractivity contribution in [2.75, 3.05) is 12.3 Å². The van der Waals surface area contributed by atoms with Crippen LogP contribution in [0.4, 0.5) is 0 Å². The Balaban J connectivity index is 0.00000361. The van der Waals surface area contributed by atoms with E-state index in [2.05, 4.69) is 26.1 Å². The number of carbonyl (C=O) groups excluding carboxylic acids is 1. The van der Waals surface area contributed by atoms with Crippen LogP contribution in [0.25, 0.3) is 0 Å². The Hall–Kier alpha value is 0.260. The van der Waals surface area contributed by atoms with E-state index in [0.717, 1.165) is 38.5 Å². The second kappa shape index (κ2) is 11.4. The van der Waals surface area contributed by atoms with Crippen LogP contribution in [0.3, 0.4) is 0 Å². The van der Waals surface area contributed by atoms with Crippen LogP contribution in [0, 0.1) is 46.3 Å². The van der Waals surface area contributed by atoms with Gasteiger partial charge in [-0.25, -0.2) is 8.42 Å². The summed E-state index contributed by atoms with van der Waals surface area (Å²) < 4.78 is 32.2. The van der Waals surface area contributed by atoms with Gasteiger partial charge in [0, 0.05) is 13.0 Å². The average molecular weight is 538 g/mol. The van der Waals surface area contributed by atoms with Gasteiger partial charge in [-0.05, 0) is 97.7 Å². The number of carbonyl (C=O) groups is 1. The fourth-order valence-corrected chi connectivity index (χ4v) is 9.45. The van der Waals surface area contributed by atoms with Gasteiger partial charge in [0.1, 0.15) is 0 Å². The Morgan fingerprint density at radius 2 is 1.78 bits per heavy atom. The topological polar surface area (TPSA) is 147 Å². The van der Waals surface area contributed by atoms with Gasteiger partial charge in [0.25, 0.3) is 0 Å². The molecule has 0 radical (unpaired) electrons. The van der Waals surface area contributed by atoms with Crippen molar-refractivity contribution >= 4 is 16.0 Å². The van der Waals surface area contributed by atoms with Crippen LogP contribution in [0.5, 0.6) is 0 Å². The molecule has 3 unspecified atom stereocenters. The molecule has 0 aromatic rings. The van der Waals surface area contributed by atoms with Gasteiger partial charge in [0.2, 0.25) is 5.91 Å². The van der Waals surface area contributed by atoms with Crippen LogP contribution in [0.2, 0.25) is 0 Å². The summed E-state index contributed by atoms with van der Waals surface area (Å²) in [6.45, 7) is 6.48. The summed E-state index contributed by atoms with van der Waals surface area (Å²) in [5.41, 5.74) is -0.267. The standard InChI is InChI=1S/C26H45NO7S.Na/c1-15(4-7-23(31)27-10-11-35(32,33)34)18-5-6-19-24-20(14-22(30)26(18,19)3)25(2)9-8-17(28)12-16(25)13-21(24)29;/h15-22,24,28-30H,4-14H2,1-3H3,(H,27,31)(H,32,33,34);/q;+1/p-1/t15?,16?,17-,18-,19+,20+,21-,22+,24?,25+,26-;/m1./s1. The second-order valence-electron chi connectivity index (χ2n) is 12.7. The Labute approximate surface area is 238 Å². The van der Waals surface area contributed by atoms with E-state index in [1.807, 2.05) is 0 Å². The summed E-state index contributed by atoms with van der Waals surface area (Å²) in [5.74, 6) is 0.522. The molecule has 0 aliphatic heterocycles. The quantitative estimate of drug-likeness (QED) is 0.241. The molecule has 4 N–H and O–H groups in total. The zero-order valence-electron chi connectivity index (χ0n) is 22.4. The van der Waals surface area contributed by atoms with Gasteiger partial charge in [-0.2, -0.15) is 0 Å². The summed E-state index contributed by atoms with van der Waals surface area (Å²) in [7, 11) is -4.35. The van der Waals surface area contributed by atoms with E-state index in [4.69, 9.17) is 0 Å². The van der Waals surface area contributed by atoms with Crippen molar-refractivity contribution in [1.82, 2.24) is 5.32 Å². The van der Waals surface area contributed by atoms with Crippen molar-refractivity contribution in [1.29, 1.82) is 0 Å². The molecule has 4 aliphatic carbocycles. The first-order valence-corrected chi connectivity index (χ1v) is 15.1. The molecule has 11 atom stereocenters. The van der Waals surface area contributed by atoms with Crippen LogP contribution in [0.15, 0.2) is 0 Å². The molecule has 36 heavy (non-hydrogen) atoms. The van der Waals surface area contributed by atoms with E-state index >= 15 is 0 Å². The summed E-state index contributed by atoms with van der Waals surface area (Å²) >= 11 is 0. The second-order valence-corrected chi connectivity index (χ2v) is 14.2. The van der Waals surface area contributed by atoms with Crippen molar-refractivity contribution in [3.05, 3.63) is 0 Å². The molecule has 0 aromatic carbocycles. The SMILES string of the molecule is CC(CCC(=O)NCCS(=O)(=O)[O-])[C@H]1CC[C@H]2C3[C@H](O)CC4C[C@H](O)CC[C@]4(C)[C@H]3C[C@H](O)[C@]12C.[Na+]. The van der Waals surface area contributed by atoms with Crippen LogP contribution in [-0.2, 0) is 14.9 Å². The molecular weight excluding hydrogens is 493 g/mol. The van der Waals surface area contributed by atoms with E-state index in [1.54, 1.807) is 0 Å². The number of hydrogen-bond acceptors (Lipinski definition) is 7. The molecule has 4 rings (SSSR count). The first kappa shape index (κ1) is 30.8. The number of aliphatic hydroxyl groups is 3. The third-order valence-electron chi connectivity index (χ3n) is 11.0. The largest absolute Gasteiger partial charge is 1.00 e. The van der Waals surface area contributed by atoms with Gasteiger partial charge in [0.05, 0.1) is 34.2 Å². The molecule has 0 saturated heterocycles. The van der Waals surface area contributed by atoms with E-state index in [-0.39, 0.29) is 95.0 Å². The van der Waals surface area contributed by atoms with E-state index < -0.39 is 28.1 Å². The Kier molecular flexibility index (Phi) is 9.75. The molecule has 0 aromatic heterocycles. The van der Waals surface area contributed by atoms with Crippen LogP contribution < -0.4 is 34.9 Å². The smallest absolute Gasteiger partial charge is 0.748 e. The minimum atomic E-state index is -4.35. The molecular formula is C26H44NNaO7S. The summed E-state index contributed by atoms with van der Waals surface area (Å²) in [5, 5.41) is 35.7. The molecule has 4 aliphatic rings. The van der Waals surface area contributed by atoms with Crippen LogP contribution in [-0.4, -0.2) is 64.8 Å². The predicted octanol–water partition coefficient (Wildman–Crippen LogP) is -0.970. The number of hydrogen-bond donors (Lipinski definition) is 4. The first-order chi connectivity index (χ1) is 16.3.